The fraction of sp³-hybridized carbons (Fsp3) is 0.818. The van der Waals surface area contributed by atoms with Crippen LogP contribution in [-0.2, 0) is 20.3 Å². The van der Waals surface area contributed by atoms with Crippen molar-refractivity contribution in [3.8, 4) is 0 Å². The molecule has 0 fully saturated rings. The van der Waals surface area contributed by atoms with Crippen LogP contribution in [0.25, 0.3) is 0 Å². The lowest BCUT2D eigenvalue weighted by molar-refractivity contribution is -0.139. The van der Waals surface area contributed by atoms with Crippen molar-refractivity contribution in [3.63, 3.8) is 0 Å². The summed E-state index contributed by atoms with van der Waals surface area (Å²) in [6.45, 7) is 2.03. The number of methoxy groups -OCH3 is 1. The summed E-state index contributed by atoms with van der Waals surface area (Å²) >= 11 is 0. The molecule has 3 unspecified atom stereocenters. The summed E-state index contributed by atoms with van der Waals surface area (Å²) in [5.41, 5.74) is 0. The quantitative estimate of drug-likeness (QED) is 0.552. The van der Waals surface area contributed by atoms with Crippen molar-refractivity contribution < 1.29 is 23.6 Å². The van der Waals surface area contributed by atoms with Gasteiger partial charge in [-0.25, -0.2) is 9.59 Å². The Labute approximate surface area is 115 Å². The second-order valence-electron chi connectivity index (χ2n) is 4.26. The maximum atomic E-state index is 11.6. The standard InChI is InChI=1S/C11H22N2O5S/c1-8(5-7-19(3)17)12-11(16)13-9(10(14)15)4-6-18-2/h8-9H,4-7H2,1-3H3,(H,14,15)(H2,12,13,16). The summed E-state index contributed by atoms with van der Waals surface area (Å²) in [5.74, 6) is -0.609. The first-order valence-corrected chi connectivity index (χ1v) is 7.68. The molecule has 0 radical (unpaired) electrons. The summed E-state index contributed by atoms with van der Waals surface area (Å²) in [7, 11) is 0.559. The molecule has 0 saturated carbocycles. The number of nitrogens with one attached hydrogen (secondary N) is 2. The van der Waals surface area contributed by atoms with Crippen LogP contribution in [0.15, 0.2) is 0 Å². The molecule has 0 heterocycles. The molecule has 3 atom stereocenters. The molecule has 0 aliphatic heterocycles. The van der Waals surface area contributed by atoms with E-state index in [1.54, 1.807) is 13.2 Å². The fourth-order valence-electron chi connectivity index (χ4n) is 1.33. The lowest BCUT2D eigenvalue weighted by Gasteiger charge is -2.18. The Kier molecular flexibility index (Phi) is 9.15. The number of carbonyl (C=O) groups is 2. The molecule has 0 aromatic rings. The zero-order valence-electron chi connectivity index (χ0n) is 11.5. The van der Waals surface area contributed by atoms with Gasteiger partial charge in [0.2, 0.25) is 0 Å². The molecule has 112 valence electrons. The van der Waals surface area contributed by atoms with E-state index < -0.39 is 28.8 Å². The van der Waals surface area contributed by atoms with Crippen LogP contribution in [0.3, 0.4) is 0 Å². The van der Waals surface area contributed by atoms with Gasteiger partial charge < -0.3 is 20.5 Å². The van der Waals surface area contributed by atoms with Crippen molar-refractivity contribution in [2.24, 2.45) is 0 Å². The number of carboxylic acids is 1. The Morgan fingerprint density at radius 3 is 2.42 bits per heavy atom. The van der Waals surface area contributed by atoms with Gasteiger partial charge in [0, 0.05) is 49.0 Å². The summed E-state index contributed by atoms with van der Waals surface area (Å²) in [6.07, 6.45) is 2.37. The SMILES string of the molecule is COCCC(NC(=O)NC(C)CCS(C)=O)C(=O)O. The van der Waals surface area contributed by atoms with E-state index in [0.717, 1.165) is 0 Å². The van der Waals surface area contributed by atoms with Crippen LogP contribution in [-0.4, -0.2) is 59.1 Å². The van der Waals surface area contributed by atoms with Crippen molar-refractivity contribution in [3.05, 3.63) is 0 Å². The smallest absolute Gasteiger partial charge is 0.326 e. The van der Waals surface area contributed by atoms with Crippen molar-refractivity contribution in [2.45, 2.75) is 31.8 Å². The molecular formula is C11H22N2O5S. The van der Waals surface area contributed by atoms with Gasteiger partial charge in [-0.15, -0.1) is 0 Å². The maximum absolute atomic E-state index is 11.6. The van der Waals surface area contributed by atoms with Crippen LogP contribution in [0, 0.1) is 0 Å². The molecule has 0 aromatic carbocycles. The number of urea groups is 1. The van der Waals surface area contributed by atoms with Crippen molar-refractivity contribution >= 4 is 22.8 Å². The number of carbonyl (C=O) groups excluding carboxylic acids is 1. The predicted octanol–water partition coefficient (Wildman–Crippen LogP) is -0.0676. The summed E-state index contributed by atoms with van der Waals surface area (Å²) in [4.78, 5) is 22.5. The topological polar surface area (TPSA) is 105 Å². The largest absolute Gasteiger partial charge is 0.480 e. The van der Waals surface area contributed by atoms with E-state index >= 15 is 0 Å². The number of rotatable bonds is 9. The predicted molar refractivity (Wildman–Crippen MR) is 72.6 cm³/mol. The minimum Gasteiger partial charge on any atom is -0.480 e. The highest BCUT2D eigenvalue weighted by Gasteiger charge is 2.20. The zero-order valence-corrected chi connectivity index (χ0v) is 12.3. The summed E-state index contributed by atoms with van der Waals surface area (Å²) in [6, 6.07) is -1.69. The normalized spacial score (nSPS) is 15.3. The average molecular weight is 294 g/mol. The van der Waals surface area contributed by atoms with E-state index in [1.807, 2.05) is 0 Å². The Bertz CT molecular complexity index is 324. The van der Waals surface area contributed by atoms with Crippen LogP contribution >= 0.6 is 0 Å². The number of hydrogen-bond acceptors (Lipinski definition) is 4. The van der Waals surface area contributed by atoms with E-state index in [4.69, 9.17) is 9.84 Å². The molecule has 0 saturated heterocycles. The minimum absolute atomic E-state index is 0.166. The Morgan fingerprint density at radius 2 is 1.95 bits per heavy atom. The van der Waals surface area contributed by atoms with Crippen LogP contribution in [0.4, 0.5) is 4.79 Å². The monoisotopic (exact) mass is 294 g/mol. The van der Waals surface area contributed by atoms with E-state index in [-0.39, 0.29) is 19.1 Å². The second-order valence-corrected chi connectivity index (χ2v) is 5.81. The van der Waals surface area contributed by atoms with Crippen molar-refractivity contribution in [2.75, 3.05) is 25.7 Å². The Hall–Kier alpha value is -1.15. The highest BCUT2D eigenvalue weighted by atomic mass is 32.2. The fourth-order valence-corrected chi connectivity index (χ4v) is 2.02. The number of amides is 2. The van der Waals surface area contributed by atoms with Gasteiger partial charge in [0.1, 0.15) is 6.04 Å². The zero-order chi connectivity index (χ0) is 14.8. The third-order valence-electron chi connectivity index (χ3n) is 2.43. The first-order chi connectivity index (χ1) is 8.86. The van der Waals surface area contributed by atoms with Gasteiger partial charge in [0.15, 0.2) is 0 Å². The van der Waals surface area contributed by atoms with Gasteiger partial charge in [0.05, 0.1) is 0 Å². The van der Waals surface area contributed by atoms with Gasteiger partial charge in [-0.2, -0.15) is 0 Å². The van der Waals surface area contributed by atoms with E-state index in [1.165, 1.54) is 7.11 Å². The van der Waals surface area contributed by atoms with Gasteiger partial charge in [0.25, 0.3) is 0 Å². The Balaban J connectivity index is 4.10. The molecule has 19 heavy (non-hydrogen) atoms. The first kappa shape index (κ1) is 17.8. The van der Waals surface area contributed by atoms with E-state index in [2.05, 4.69) is 10.6 Å². The van der Waals surface area contributed by atoms with Crippen LogP contribution < -0.4 is 10.6 Å². The van der Waals surface area contributed by atoms with Gasteiger partial charge in [-0.3, -0.25) is 4.21 Å². The molecule has 3 N–H and O–H groups in total. The molecule has 0 aromatic heterocycles. The third kappa shape index (κ3) is 9.43. The van der Waals surface area contributed by atoms with Crippen molar-refractivity contribution in [1.82, 2.24) is 10.6 Å². The number of carboxylic acid groups (broad SMARTS) is 1. The molecule has 0 spiro atoms. The van der Waals surface area contributed by atoms with E-state index in [0.29, 0.717) is 12.2 Å². The highest BCUT2D eigenvalue weighted by molar-refractivity contribution is 7.84. The highest BCUT2D eigenvalue weighted by Crippen LogP contribution is 1.96. The van der Waals surface area contributed by atoms with Crippen LogP contribution in [0.1, 0.15) is 19.8 Å². The minimum atomic E-state index is -1.10. The lowest BCUT2D eigenvalue weighted by atomic mass is 10.2. The Morgan fingerprint density at radius 1 is 1.32 bits per heavy atom. The second kappa shape index (κ2) is 9.74. The van der Waals surface area contributed by atoms with Crippen LogP contribution in [0.5, 0.6) is 0 Å². The molecule has 0 aliphatic carbocycles. The molecule has 2 amide bonds. The van der Waals surface area contributed by atoms with Crippen molar-refractivity contribution in [1.29, 1.82) is 0 Å². The van der Waals surface area contributed by atoms with Gasteiger partial charge in [-0.1, -0.05) is 0 Å². The van der Waals surface area contributed by atoms with Crippen LogP contribution in [0.2, 0.25) is 0 Å². The van der Waals surface area contributed by atoms with E-state index in [9.17, 15) is 13.8 Å². The summed E-state index contributed by atoms with van der Waals surface area (Å²) < 4.78 is 15.7. The number of ether oxygens (including phenoxy) is 1. The van der Waals surface area contributed by atoms with Gasteiger partial charge >= 0.3 is 12.0 Å². The first-order valence-electron chi connectivity index (χ1n) is 5.95. The molecule has 8 heteroatoms. The summed E-state index contributed by atoms with van der Waals surface area (Å²) in [5, 5.41) is 13.9. The maximum Gasteiger partial charge on any atom is 0.326 e. The number of hydrogen-bond donors (Lipinski definition) is 3. The third-order valence-corrected chi connectivity index (χ3v) is 3.24. The molecule has 0 rings (SSSR count). The average Bonchev–Trinajstić information content (AvgIpc) is 2.31. The number of aliphatic carboxylic acids is 1. The lowest BCUT2D eigenvalue weighted by Crippen LogP contribution is -2.49. The molecule has 7 nitrogen and oxygen atoms in total. The molecule has 0 aliphatic rings. The molecular weight excluding hydrogens is 272 g/mol. The molecule has 0 bridgehead atoms. The van der Waals surface area contributed by atoms with Gasteiger partial charge in [-0.05, 0) is 13.3 Å².